The molecule has 1 saturated heterocycles. The molecule has 0 aliphatic carbocycles. The number of halogens is 1. The Kier molecular flexibility index (Phi) is 5.55. The zero-order valence-electron chi connectivity index (χ0n) is 16.4. The molecule has 0 saturated carbocycles. The van der Waals surface area contributed by atoms with Gasteiger partial charge in [-0.25, -0.2) is 12.8 Å². The standard InChI is InChI=1S/C21H22FNO6S/c1-14(29-15-6-7-18-19(12-15)28-13-27-18)21(24)23-9-8-20(30(25,26)11-10-23)16-4-2-3-5-17(16)22/h2-7,12,14,20H,8-11,13H2,1H3. The van der Waals surface area contributed by atoms with Crippen LogP contribution in [0.2, 0.25) is 0 Å². The van der Waals surface area contributed by atoms with Gasteiger partial charge >= 0.3 is 0 Å². The van der Waals surface area contributed by atoms with Crippen molar-refractivity contribution in [2.75, 3.05) is 25.6 Å². The Bertz CT molecular complexity index is 1060. The maximum Gasteiger partial charge on any atom is 0.263 e. The van der Waals surface area contributed by atoms with Crippen LogP contribution in [0.25, 0.3) is 0 Å². The van der Waals surface area contributed by atoms with E-state index in [4.69, 9.17) is 14.2 Å². The van der Waals surface area contributed by atoms with E-state index < -0.39 is 27.0 Å². The van der Waals surface area contributed by atoms with Crippen LogP contribution in [0, 0.1) is 5.82 Å². The highest BCUT2D eigenvalue weighted by Crippen LogP contribution is 2.35. The van der Waals surface area contributed by atoms with Crippen molar-refractivity contribution < 1.29 is 31.8 Å². The van der Waals surface area contributed by atoms with Crippen LogP contribution in [0.4, 0.5) is 4.39 Å². The molecule has 160 valence electrons. The SMILES string of the molecule is CC(Oc1ccc2c(c1)OCO2)C(=O)N1CCC(c2ccccc2F)S(=O)(=O)CC1. The summed E-state index contributed by atoms with van der Waals surface area (Å²) in [6.07, 6.45) is -0.691. The number of fused-ring (bicyclic) bond motifs is 1. The molecule has 7 nitrogen and oxygen atoms in total. The fraction of sp³-hybridized carbons (Fsp3) is 0.381. The van der Waals surface area contributed by atoms with Crippen molar-refractivity contribution in [1.29, 1.82) is 0 Å². The normalized spacial score (nSPS) is 21.0. The number of nitrogens with zero attached hydrogens (tertiary/aromatic N) is 1. The Morgan fingerprint density at radius 2 is 1.93 bits per heavy atom. The predicted octanol–water partition coefficient (Wildman–Crippen LogP) is 2.71. The van der Waals surface area contributed by atoms with Crippen molar-refractivity contribution in [1.82, 2.24) is 4.90 Å². The molecule has 9 heteroatoms. The van der Waals surface area contributed by atoms with Gasteiger partial charge in [-0.1, -0.05) is 18.2 Å². The molecule has 0 bridgehead atoms. The van der Waals surface area contributed by atoms with E-state index in [1.165, 1.54) is 23.1 Å². The van der Waals surface area contributed by atoms with E-state index in [0.29, 0.717) is 17.2 Å². The quantitative estimate of drug-likeness (QED) is 0.735. The van der Waals surface area contributed by atoms with Crippen LogP contribution < -0.4 is 14.2 Å². The van der Waals surface area contributed by atoms with Gasteiger partial charge in [0, 0.05) is 24.7 Å². The lowest BCUT2D eigenvalue weighted by Crippen LogP contribution is -2.42. The average molecular weight is 435 g/mol. The third-order valence-corrected chi connectivity index (χ3v) is 7.42. The van der Waals surface area contributed by atoms with Crippen LogP contribution in [0.1, 0.15) is 24.2 Å². The van der Waals surface area contributed by atoms with E-state index >= 15 is 0 Å². The summed E-state index contributed by atoms with van der Waals surface area (Å²) in [4.78, 5) is 14.4. The molecule has 2 unspecified atom stereocenters. The molecule has 2 aromatic rings. The second kappa shape index (κ2) is 8.14. The highest BCUT2D eigenvalue weighted by atomic mass is 32.2. The van der Waals surface area contributed by atoms with Crippen LogP contribution in [-0.2, 0) is 14.6 Å². The number of hydrogen-bond acceptors (Lipinski definition) is 6. The van der Waals surface area contributed by atoms with Crippen molar-refractivity contribution in [2.24, 2.45) is 0 Å². The number of benzene rings is 2. The van der Waals surface area contributed by atoms with Gasteiger partial charge in [0.25, 0.3) is 5.91 Å². The lowest BCUT2D eigenvalue weighted by Gasteiger charge is -2.24. The van der Waals surface area contributed by atoms with Gasteiger partial charge in [-0.2, -0.15) is 0 Å². The maximum atomic E-state index is 14.2. The second-order valence-electron chi connectivity index (χ2n) is 7.27. The average Bonchev–Trinajstić information content (AvgIpc) is 3.12. The molecule has 0 N–H and O–H groups in total. The molecule has 4 rings (SSSR count). The number of ether oxygens (including phenoxy) is 3. The van der Waals surface area contributed by atoms with Gasteiger partial charge in [-0.05, 0) is 31.5 Å². The molecular weight excluding hydrogens is 413 g/mol. The van der Waals surface area contributed by atoms with Crippen LogP contribution in [0.15, 0.2) is 42.5 Å². The first kappa shape index (κ1) is 20.5. The smallest absolute Gasteiger partial charge is 0.263 e. The van der Waals surface area contributed by atoms with Crippen molar-refractivity contribution >= 4 is 15.7 Å². The van der Waals surface area contributed by atoms with Crippen molar-refractivity contribution in [3.63, 3.8) is 0 Å². The Morgan fingerprint density at radius 1 is 1.17 bits per heavy atom. The lowest BCUT2D eigenvalue weighted by atomic mass is 10.1. The van der Waals surface area contributed by atoms with Crippen LogP contribution >= 0.6 is 0 Å². The fourth-order valence-electron chi connectivity index (χ4n) is 3.71. The predicted molar refractivity (Wildman–Crippen MR) is 107 cm³/mol. The van der Waals surface area contributed by atoms with Crippen molar-refractivity contribution in [3.05, 3.63) is 53.8 Å². The monoisotopic (exact) mass is 435 g/mol. The number of rotatable bonds is 4. The summed E-state index contributed by atoms with van der Waals surface area (Å²) in [5, 5.41) is -0.971. The topological polar surface area (TPSA) is 82.1 Å². The number of sulfone groups is 1. The third-order valence-electron chi connectivity index (χ3n) is 5.31. The molecule has 0 radical (unpaired) electrons. The van der Waals surface area contributed by atoms with Gasteiger partial charge in [0.15, 0.2) is 27.4 Å². The molecule has 30 heavy (non-hydrogen) atoms. The van der Waals surface area contributed by atoms with E-state index in [2.05, 4.69) is 0 Å². The Labute approximate surface area is 174 Å². The molecule has 1 fully saturated rings. The lowest BCUT2D eigenvalue weighted by molar-refractivity contribution is -0.137. The first-order valence-electron chi connectivity index (χ1n) is 9.66. The number of hydrogen-bond donors (Lipinski definition) is 0. The van der Waals surface area contributed by atoms with E-state index in [-0.39, 0.29) is 43.5 Å². The molecular formula is C21H22FNO6S. The summed E-state index contributed by atoms with van der Waals surface area (Å²) in [6.45, 7) is 1.99. The number of carbonyl (C=O) groups excluding carboxylic acids is 1. The van der Waals surface area contributed by atoms with E-state index in [0.717, 1.165) is 0 Å². The Morgan fingerprint density at radius 3 is 2.73 bits per heavy atom. The van der Waals surface area contributed by atoms with Crippen molar-refractivity contribution in [2.45, 2.75) is 24.7 Å². The molecule has 0 spiro atoms. The number of carbonyl (C=O) groups is 1. The minimum absolute atomic E-state index is 0.0426. The summed E-state index contributed by atoms with van der Waals surface area (Å²) >= 11 is 0. The van der Waals surface area contributed by atoms with E-state index in [1.54, 1.807) is 31.2 Å². The Hall–Kier alpha value is -2.81. The maximum absolute atomic E-state index is 14.2. The molecule has 1 amide bonds. The summed E-state index contributed by atoms with van der Waals surface area (Å²) in [6, 6.07) is 10.9. The highest BCUT2D eigenvalue weighted by Gasteiger charge is 2.35. The van der Waals surface area contributed by atoms with E-state index in [9.17, 15) is 17.6 Å². The first-order valence-corrected chi connectivity index (χ1v) is 11.4. The minimum atomic E-state index is -3.60. The minimum Gasteiger partial charge on any atom is -0.481 e. The third kappa shape index (κ3) is 4.07. The summed E-state index contributed by atoms with van der Waals surface area (Å²) in [5.41, 5.74) is 0.149. The summed E-state index contributed by atoms with van der Waals surface area (Å²) < 4.78 is 55.9. The Balaban J connectivity index is 1.45. The van der Waals surface area contributed by atoms with Crippen molar-refractivity contribution in [3.8, 4) is 17.2 Å². The summed E-state index contributed by atoms with van der Waals surface area (Å²) in [7, 11) is -3.60. The van der Waals surface area contributed by atoms with Crippen LogP contribution in [-0.4, -0.2) is 51.0 Å². The molecule has 2 aliphatic rings. The van der Waals surface area contributed by atoms with Gasteiger partial charge in [0.05, 0.1) is 11.0 Å². The zero-order valence-corrected chi connectivity index (χ0v) is 17.2. The molecule has 2 heterocycles. The van der Waals surface area contributed by atoms with Gasteiger partial charge in [0.2, 0.25) is 6.79 Å². The molecule has 2 aliphatic heterocycles. The molecule has 2 atom stereocenters. The van der Waals surface area contributed by atoms with Gasteiger partial charge in [-0.3, -0.25) is 4.79 Å². The van der Waals surface area contributed by atoms with E-state index in [1.807, 2.05) is 0 Å². The largest absolute Gasteiger partial charge is 0.481 e. The first-order chi connectivity index (χ1) is 14.3. The summed E-state index contributed by atoms with van der Waals surface area (Å²) in [5.74, 6) is 0.502. The molecule has 2 aromatic carbocycles. The van der Waals surface area contributed by atoms with Gasteiger partial charge < -0.3 is 19.1 Å². The second-order valence-corrected chi connectivity index (χ2v) is 9.57. The van der Waals surface area contributed by atoms with Crippen LogP contribution in [0.3, 0.4) is 0 Å². The molecule has 0 aromatic heterocycles. The fourth-order valence-corrected chi connectivity index (χ4v) is 5.51. The zero-order chi connectivity index (χ0) is 21.3. The van der Waals surface area contributed by atoms with Gasteiger partial charge in [0.1, 0.15) is 11.6 Å². The highest BCUT2D eigenvalue weighted by molar-refractivity contribution is 7.91. The van der Waals surface area contributed by atoms with Crippen LogP contribution in [0.5, 0.6) is 17.2 Å². The van der Waals surface area contributed by atoms with Gasteiger partial charge in [-0.15, -0.1) is 0 Å². The number of amides is 1.